The van der Waals surface area contributed by atoms with Crippen LogP contribution >= 0.6 is 0 Å². The Morgan fingerprint density at radius 3 is 2.81 bits per heavy atom. The van der Waals surface area contributed by atoms with Crippen LogP contribution < -0.4 is 5.32 Å². The van der Waals surface area contributed by atoms with Crippen LogP contribution in [0, 0.1) is 11.2 Å². The second-order valence-corrected chi connectivity index (χ2v) is 4.69. The summed E-state index contributed by atoms with van der Waals surface area (Å²) in [6.45, 7) is 3.30. The average molecular weight is 223 g/mol. The molecule has 2 N–H and O–H groups in total. The predicted octanol–water partition coefficient (Wildman–Crippen LogP) is 2.27. The first-order valence-electron chi connectivity index (χ1n) is 5.20. The molecule has 2 rings (SSSR count). The Bertz CT molecular complexity index is 443. The van der Waals surface area contributed by atoms with Crippen molar-refractivity contribution in [1.29, 1.82) is 0 Å². The van der Waals surface area contributed by atoms with E-state index >= 15 is 0 Å². The van der Waals surface area contributed by atoms with Crippen molar-refractivity contribution in [1.82, 2.24) is 0 Å². The van der Waals surface area contributed by atoms with Crippen molar-refractivity contribution < 1.29 is 14.3 Å². The molecule has 86 valence electrons. The number of carbonyl (C=O) groups is 1. The third-order valence-electron chi connectivity index (χ3n) is 3.28. The molecule has 0 bridgehead atoms. The number of rotatable bonds is 2. The van der Waals surface area contributed by atoms with Gasteiger partial charge in [-0.3, -0.25) is 4.79 Å². The van der Waals surface area contributed by atoms with Crippen LogP contribution in [0.15, 0.2) is 18.2 Å². The number of fused-ring (bicyclic) bond motifs is 1. The molecule has 3 nitrogen and oxygen atoms in total. The highest BCUT2D eigenvalue weighted by Gasteiger charge is 2.40. The van der Waals surface area contributed by atoms with Crippen molar-refractivity contribution in [3.8, 4) is 0 Å². The lowest BCUT2D eigenvalue weighted by molar-refractivity contribution is -0.147. The van der Waals surface area contributed by atoms with Crippen molar-refractivity contribution >= 4 is 11.7 Å². The molecule has 0 spiro atoms. The van der Waals surface area contributed by atoms with Crippen LogP contribution in [-0.2, 0) is 11.2 Å². The van der Waals surface area contributed by atoms with E-state index in [-0.39, 0.29) is 11.9 Å². The number of hydrogen-bond acceptors (Lipinski definition) is 2. The fourth-order valence-electron chi connectivity index (χ4n) is 1.93. The Labute approximate surface area is 93.3 Å². The topological polar surface area (TPSA) is 49.3 Å². The SMILES string of the molecule is CC(C)(C(=O)O)C1Cc2c(F)cccc2N1. The van der Waals surface area contributed by atoms with Crippen LogP contribution in [0.25, 0.3) is 0 Å². The van der Waals surface area contributed by atoms with Crippen LogP contribution in [0.4, 0.5) is 10.1 Å². The van der Waals surface area contributed by atoms with Gasteiger partial charge in [-0.2, -0.15) is 0 Å². The second-order valence-electron chi connectivity index (χ2n) is 4.69. The number of nitrogens with one attached hydrogen (secondary N) is 1. The molecule has 1 atom stereocenters. The van der Waals surface area contributed by atoms with Gasteiger partial charge < -0.3 is 10.4 Å². The summed E-state index contributed by atoms with van der Waals surface area (Å²) < 4.78 is 13.5. The Balaban J connectivity index is 2.30. The van der Waals surface area contributed by atoms with E-state index in [9.17, 15) is 9.18 Å². The Morgan fingerprint density at radius 1 is 1.56 bits per heavy atom. The maximum atomic E-state index is 13.5. The lowest BCUT2D eigenvalue weighted by Gasteiger charge is -2.27. The molecule has 1 aromatic carbocycles. The van der Waals surface area contributed by atoms with E-state index in [4.69, 9.17) is 5.11 Å². The predicted molar refractivity (Wildman–Crippen MR) is 58.9 cm³/mol. The van der Waals surface area contributed by atoms with Crippen LogP contribution in [0.3, 0.4) is 0 Å². The molecule has 1 aliphatic rings. The average Bonchev–Trinajstić information content (AvgIpc) is 2.63. The minimum absolute atomic E-state index is 0.267. The molecular formula is C12H14FNO2. The smallest absolute Gasteiger partial charge is 0.311 e. The molecule has 0 aromatic heterocycles. The summed E-state index contributed by atoms with van der Waals surface area (Å²) in [4.78, 5) is 11.1. The minimum atomic E-state index is -0.911. The number of carboxylic acid groups (broad SMARTS) is 1. The molecule has 16 heavy (non-hydrogen) atoms. The van der Waals surface area contributed by atoms with Crippen molar-refractivity contribution in [2.24, 2.45) is 5.41 Å². The zero-order valence-electron chi connectivity index (χ0n) is 9.25. The molecule has 0 fully saturated rings. The highest BCUT2D eigenvalue weighted by atomic mass is 19.1. The Morgan fingerprint density at radius 2 is 2.25 bits per heavy atom. The number of carboxylic acids is 1. The number of hydrogen-bond donors (Lipinski definition) is 2. The van der Waals surface area contributed by atoms with E-state index in [1.807, 2.05) is 0 Å². The molecule has 0 saturated heterocycles. The molecule has 1 unspecified atom stereocenters. The maximum Gasteiger partial charge on any atom is 0.311 e. The van der Waals surface area contributed by atoms with E-state index in [1.54, 1.807) is 26.0 Å². The van der Waals surface area contributed by atoms with Gasteiger partial charge in [0.05, 0.1) is 5.41 Å². The van der Waals surface area contributed by atoms with Gasteiger partial charge >= 0.3 is 5.97 Å². The molecular weight excluding hydrogens is 209 g/mol. The highest BCUT2D eigenvalue weighted by molar-refractivity contribution is 5.76. The second kappa shape index (κ2) is 3.47. The number of benzene rings is 1. The summed E-state index contributed by atoms with van der Waals surface area (Å²) in [7, 11) is 0. The number of aliphatic carboxylic acids is 1. The molecule has 0 aliphatic carbocycles. The minimum Gasteiger partial charge on any atom is -0.481 e. The monoisotopic (exact) mass is 223 g/mol. The van der Waals surface area contributed by atoms with Crippen molar-refractivity contribution in [2.45, 2.75) is 26.3 Å². The first-order chi connectivity index (χ1) is 7.43. The van der Waals surface area contributed by atoms with E-state index < -0.39 is 11.4 Å². The van der Waals surface area contributed by atoms with Crippen LogP contribution in [0.2, 0.25) is 0 Å². The van der Waals surface area contributed by atoms with Gasteiger partial charge in [0.15, 0.2) is 0 Å². The zero-order chi connectivity index (χ0) is 11.9. The van der Waals surface area contributed by atoms with Gasteiger partial charge in [0.2, 0.25) is 0 Å². The van der Waals surface area contributed by atoms with Crippen LogP contribution in [0.5, 0.6) is 0 Å². The van der Waals surface area contributed by atoms with Gasteiger partial charge in [0.1, 0.15) is 5.82 Å². The molecule has 0 amide bonds. The first-order valence-corrected chi connectivity index (χ1v) is 5.20. The molecule has 1 aliphatic heterocycles. The van der Waals surface area contributed by atoms with Gasteiger partial charge in [0, 0.05) is 17.3 Å². The van der Waals surface area contributed by atoms with Gasteiger partial charge in [-0.1, -0.05) is 6.07 Å². The van der Waals surface area contributed by atoms with E-state index in [0.29, 0.717) is 17.7 Å². The lowest BCUT2D eigenvalue weighted by atomic mass is 9.83. The summed E-state index contributed by atoms with van der Waals surface area (Å²) in [5.74, 6) is -1.15. The zero-order valence-corrected chi connectivity index (χ0v) is 9.25. The quantitative estimate of drug-likeness (QED) is 0.808. The summed E-state index contributed by atoms with van der Waals surface area (Å²) in [5, 5.41) is 12.2. The fraction of sp³-hybridized carbons (Fsp3) is 0.417. The van der Waals surface area contributed by atoms with Crippen LogP contribution in [-0.4, -0.2) is 17.1 Å². The Hall–Kier alpha value is -1.58. The van der Waals surface area contributed by atoms with Gasteiger partial charge in [-0.15, -0.1) is 0 Å². The lowest BCUT2D eigenvalue weighted by Crippen LogP contribution is -2.41. The fourth-order valence-corrected chi connectivity index (χ4v) is 1.93. The van der Waals surface area contributed by atoms with Crippen molar-refractivity contribution in [3.05, 3.63) is 29.6 Å². The van der Waals surface area contributed by atoms with Crippen molar-refractivity contribution in [2.75, 3.05) is 5.32 Å². The maximum absolute atomic E-state index is 13.5. The normalized spacial score (nSPS) is 19.1. The molecule has 4 heteroatoms. The summed E-state index contributed by atoms with van der Waals surface area (Å²) in [5.41, 5.74) is 0.381. The highest BCUT2D eigenvalue weighted by Crippen LogP contribution is 2.36. The third-order valence-corrected chi connectivity index (χ3v) is 3.28. The number of halogens is 1. The molecule has 1 heterocycles. The van der Waals surface area contributed by atoms with Crippen LogP contribution in [0.1, 0.15) is 19.4 Å². The van der Waals surface area contributed by atoms with Gasteiger partial charge in [-0.05, 0) is 32.4 Å². The number of anilines is 1. The van der Waals surface area contributed by atoms with E-state index in [2.05, 4.69) is 5.32 Å². The first kappa shape index (κ1) is 10.9. The molecule has 0 radical (unpaired) electrons. The van der Waals surface area contributed by atoms with E-state index in [1.165, 1.54) is 6.07 Å². The summed E-state index contributed by atoms with van der Waals surface area (Å²) in [6, 6.07) is 4.53. The van der Waals surface area contributed by atoms with Crippen molar-refractivity contribution in [3.63, 3.8) is 0 Å². The Kier molecular flexibility index (Phi) is 2.37. The van der Waals surface area contributed by atoms with Gasteiger partial charge in [-0.25, -0.2) is 4.39 Å². The largest absolute Gasteiger partial charge is 0.481 e. The third kappa shape index (κ3) is 1.54. The molecule has 0 saturated carbocycles. The van der Waals surface area contributed by atoms with E-state index in [0.717, 1.165) is 0 Å². The van der Waals surface area contributed by atoms with Gasteiger partial charge in [0.25, 0.3) is 0 Å². The standard InChI is InChI=1S/C12H14FNO2/c1-12(2,11(15)16)10-6-7-8(13)4-3-5-9(7)14-10/h3-5,10,14H,6H2,1-2H3,(H,15,16). The summed E-state index contributed by atoms with van der Waals surface area (Å²) >= 11 is 0. The summed E-state index contributed by atoms with van der Waals surface area (Å²) in [6.07, 6.45) is 0.418. The molecule has 1 aromatic rings.